The molecular weight excluding hydrogens is 228 g/mol. The van der Waals surface area contributed by atoms with E-state index in [1.807, 2.05) is 20.1 Å². The number of aromatic nitrogens is 3. The average molecular weight is 242 g/mol. The van der Waals surface area contributed by atoms with Crippen molar-refractivity contribution in [2.45, 2.75) is 24.9 Å². The van der Waals surface area contributed by atoms with Gasteiger partial charge in [0.1, 0.15) is 5.82 Å². The van der Waals surface area contributed by atoms with Gasteiger partial charge in [0.2, 0.25) is 5.95 Å². The van der Waals surface area contributed by atoms with Gasteiger partial charge in [-0.25, -0.2) is 9.78 Å². The third-order valence-corrected chi connectivity index (χ3v) is 2.28. The van der Waals surface area contributed by atoms with Crippen LogP contribution >= 0.6 is 11.8 Å². The highest BCUT2D eigenvalue weighted by atomic mass is 32.2. The van der Waals surface area contributed by atoms with E-state index in [-0.39, 0.29) is 11.9 Å². The lowest BCUT2D eigenvalue weighted by Gasteiger charge is -2.08. The Bertz CT molecular complexity index is 384. The van der Waals surface area contributed by atoms with Gasteiger partial charge in [0.15, 0.2) is 5.16 Å². The van der Waals surface area contributed by atoms with Gasteiger partial charge < -0.3 is 4.74 Å². The van der Waals surface area contributed by atoms with Crippen LogP contribution in [0.5, 0.6) is 0 Å². The Kier molecular flexibility index (Phi) is 4.48. The summed E-state index contributed by atoms with van der Waals surface area (Å²) in [6.07, 6.45) is 1.27. The Morgan fingerprint density at radius 2 is 2.06 bits per heavy atom. The minimum atomic E-state index is -0.590. The van der Waals surface area contributed by atoms with E-state index < -0.39 is 6.09 Å². The molecule has 0 aromatic carbocycles. The van der Waals surface area contributed by atoms with Crippen LogP contribution in [0.25, 0.3) is 0 Å². The SMILES string of the molecule is COC(=O)Nc1nc(SC)nc(C(C)C)n1. The van der Waals surface area contributed by atoms with E-state index in [9.17, 15) is 4.79 Å². The first-order valence-electron chi connectivity index (χ1n) is 4.71. The molecule has 1 rings (SSSR count). The number of carbonyl (C=O) groups is 1. The van der Waals surface area contributed by atoms with Crippen molar-refractivity contribution < 1.29 is 9.53 Å². The normalized spacial score (nSPS) is 10.3. The molecule has 16 heavy (non-hydrogen) atoms. The van der Waals surface area contributed by atoms with E-state index in [4.69, 9.17) is 0 Å². The zero-order valence-corrected chi connectivity index (χ0v) is 10.5. The molecule has 0 saturated heterocycles. The first-order chi connectivity index (χ1) is 7.56. The summed E-state index contributed by atoms with van der Waals surface area (Å²) >= 11 is 1.39. The number of thioether (sulfide) groups is 1. The lowest BCUT2D eigenvalue weighted by atomic mass is 10.2. The predicted molar refractivity (Wildman–Crippen MR) is 61.7 cm³/mol. The van der Waals surface area contributed by atoms with E-state index in [2.05, 4.69) is 25.0 Å². The molecule has 0 aliphatic rings. The molecule has 6 nitrogen and oxygen atoms in total. The van der Waals surface area contributed by atoms with Crippen LogP contribution in [0.1, 0.15) is 25.6 Å². The summed E-state index contributed by atoms with van der Waals surface area (Å²) in [5, 5.41) is 3.00. The zero-order chi connectivity index (χ0) is 12.1. The fourth-order valence-electron chi connectivity index (χ4n) is 0.920. The second-order valence-corrected chi connectivity index (χ2v) is 4.05. The highest BCUT2D eigenvalue weighted by Gasteiger charge is 2.11. The standard InChI is InChI=1S/C9H14N4O2S/c1-5(2)6-10-7(13-9(14)15-3)12-8(11-6)16-4/h5H,1-4H3,(H,10,11,12,13,14). The van der Waals surface area contributed by atoms with E-state index >= 15 is 0 Å². The number of nitrogens with zero attached hydrogens (tertiary/aromatic N) is 3. The Balaban J connectivity index is 2.99. The summed E-state index contributed by atoms with van der Waals surface area (Å²) < 4.78 is 4.47. The van der Waals surface area contributed by atoms with Crippen LogP contribution in [0.3, 0.4) is 0 Å². The average Bonchev–Trinajstić information content (AvgIpc) is 2.28. The van der Waals surface area contributed by atoms with Crippen molar-refractivity contribution in [3.8, 4) is 0 Å². The summed E-state index contributed by atoms with van der Waals surface area (Å²) in [6.45, 7) is 3.95. The highest BCUT2D eigenvalue weighted by molar-refractivity contribution is 7.98. The molecule has 0 unspecified atom stereocenters. The van der Waals surface area contributed by atoms with Crippen molar-refractivity contribution in [1.29, 1.82) is 0 Å². The van der Waals surface area contributed by atoms with Gasteiger partial charge in [-0.3, -0.25) is 5.32 Å². The quantitative estimate of drug-likeness (QED) is 0.816. The smallest absolute Gasteiger partial charge is 0.413 e. The minimum Gasteiger partial charge on any atom is -0.453 e. The number of hydrogen-bond acceptors (Lipinski definition) is 6. The maximum Gasteiger partial charge on any atom is 0.413 e. The summed E-state index contributed by atoms with van der Waals surface area (Å²) in [7, 11) is 1.29. The molecular formula is C9H14N4O2S. The van der Waals surface area contributed by atoms with Crippen molar-refractivity contribution >= 4 is 23.8 Å². The summed E-state index contributed by atoms with van der Waals surface area (Å²) in [4.78, 5) is 23.4. The Labute approximate surface area is 98.2 Å². The number of anilines is 1. The number of hydrogen-bond donors (Lipinski definition) is 1. The molecule has 0 saturated carbocycles. The third kappa shape index (κ3) is 3.34. The van der Waals surface area contributed by atoms with Crippen LogP contribution in [0.4, 0.5) is 10.7 Å². The number of methoxy groups -OCH3 is 1. The lowest BCUT2D eigenvalue weighted by molar-refractivity contribution is 0.186. The molecule has 88 valence electrons. The predicted octanol–water partition coefficient (Wildman–Crippen LogP) is 1.90. The van der Waals surface area contributed by atoms with Gasteiger partial charge in [-0.1, -0.05) is 25.6 Å². The molecule has 0 radical (unpaired) electrons. The molecule has 0 aliphatic carbocycles. The van der Waals surface area contributed by atoms with Crippen LogP contribution in [0.2, 0.25) is 0 Å². The molecule has 1 N–H and O–H groups in total. The van der Waals surface area contributed by atoms with E-state index in [0.717, 1.165) is 0 Å². The molecule has 1 aromatic heterocycles. The van der Waals surface area contributed by atoms with E-state index in [0.29, 0.717) is 11.0 Å². The summed E-state index contributed by atoms with van der Waals surface area (Å²) in [5.74, 6) is 1.03. The molecule has 1 heterocycles. The van der Waals surface area contributed by atoms with Crippen LogP contribution in [0.15, 0.2) is 5.16 Å². The topological polar surface area (TPSA) is 77.0 Å². The van der Waals surface area contributed by atoms with Gasteiger partial charge in [0.25, 0.3) is 0 Å². The summed E-state index contributed by atoms with van der Waals surface area (Å²) in [6, 6.07) is 0. The van der Waals surface area contributed by atoms with Gasteiger partial charge in [-0.05, 0) is 6.26 Å². The molecule has 0 fully saturated rings. The maximum atomic E-state index is 11.0. The van der Waals surface area contributed by atoms with Gasteiger partial charge in [0, 0.05) is 5.92 Å². The second kappa shape index (κ2) is 5.64. The molecule has 0 bridgehead atoms. The van der Waals surface area contributed by atoms with E-state index in [1.165, 1.54) is 18.9 Å². The molecule has 7 heteroatoms. The number of amides is 1. The third-order valence-electron chi connectivity index (χ3n) is 1.73. The number of ether oxygens (including phenoxy) is 1. The highest BCUT2D eigenvalue weighted by Crippen LogP contribution is 2.16. The summed E-state index contributed by atoms with van der Waals surface area (Å²) in [5.41, 5.74) is 0. The molecule has 1 amide bonds. The fraction of sp³-hybridized carbons (Fsp3) is 0.556. The molecule has 0 aliphatic heterocycles. The fourth-order valence-corrected chi connectivity index (χ4v) is 1.28. The van der Waals surface area contributed by atoms with Gasteiger partial charge in [-0.15, -0.1) is 0 Å². The van der Waals surface area contributed by atoms with Crippen molar-refractivity contribution in [3.05, 3.63) is 5.82 Å². The van der Waals surface area contributed by atoms with Crippen molar-refractivity contribution in [1.82, 2.24) is 15.0 Å². The van der Waals surface area contributed by atoms with Gasteiger partial charge >= 0.3 is 6.09 Å². The maximum absolute atomic E-state index is 11.0. The van der Waals surface area contributed by atoms with Crippen LogP contribution in [-0.2, 0) is 4.74 Å². The van der Waals surface area contributed by atoms with Crippen LogP contribution in [0, 0.1) is 0 Å². The minimum absolute atomic E-state index is 0.173. The van der Waals surface area contributed by atoms with Crippen LogP contribution in [-0.4, -0.2) is 34.4 Å². The van der Waals surface area contributed by atoms with Gasteiger partial charge in [0.05, 0.1) is 7.11 Å². The van der Waals surface area contributed by atoms with Crippen molar-refractivity contribution in [2.24, 2.45) is 0 Å². The number of carbonyl (C=O) groups excluding carboxylic acids is 1. The Morgan fingerprint density at radius 3 is 2.56 bits per heavy atom. The van der Waals surface area contributed by atoms with Gasteiger partial charge in [-0.2, -0.15) is 9.97 Å². The first kappa shape index (κ1) is 12.7. The zero-order valence-electron chi connectivity index (χ0n) is 9.64. The number of rotatable bonds is 3. The lowest BCUT2D eigenvalue weighted by Crippen LogP contribution is -2.15. The number of nitrogens with one attached hydrogen (secondary N) is 1. The molecule has 0 atom stereocenters. The van der Waals surface area contributed by atoms with Crippen molar-refractivity contribution in [2.75, 3.05) is 18.7 Å². The second-order valence-electron chi connectivity index (χ2n) is 3.28. The van der Waals surface area contributed by atoms with Crippen LogP contribution < -0.4 is 5.32 Å². The first-order valence-corrected chi connectivity index (χ1v) is 5.94. The van der Waals surface area contributed by atoms with Crippen molar-refractivity contribution in [3.63, 3.8) is 0 Å². The largest absolute Gasteiger partial charge is 0.453 e. The molecule has 0 spiro atoms. The monoisotopic (exact) mass is 242 g/mol. The molecule has 1 aromatic rings. The Morgan fingerprint density at radius 1 is 1.38 bits per heavy atom. The van der Waals surface area contributed by atoms with E-state index in [1.54, 1.807) is 0 Å². The Hall–Kier alpha value is -1.37.